The number of rotatable bonds is 6. The van der Waals surface area contributed by atoms with Crippen LogP contribution >= 0.6 is 0 Å². The van der Waals surface area contributed by atoms with Gasteiger partial charge in [0.05, 0.1) is 6.20 Å². The molecule has 5 heteroatoms. The Bertz CT molecular complexity index is 1050. The van der Waals surface area contributed by atoms with E-state index in [2.05, 4.69) is 34.7 Å². The predicted molar refractivity (Wildman–Crippen MR) is 116 cm³/mol. The average molecular weight is 397 g/mol. The first-order valence-corrected chi connectivity index (χ1v) is 9.84. The molecule has 0 aliphatic heterocycles. The molecule has 0 unspecified atom stereocenters. The fourth-order valence-corrected chi connectivity index (χ4v) is 3.19. The van der Waals surface area contributed by atoms with Gasteiger partial charge < -0.3 is 10.1 Å². The number of nitrogens with zero attached hydrogens (tertiary/aromatic N) is 2. The van der Waals surface area contributed by atoms with Crippen LogP contribution in [-0.2, 0) is 6.54 Å². The Morgan fingerprint density at radius 1 is 0.933 bits per heavy atom. The Balaban J connectivity index is 1.44. The van der Waals surface area contributed by atoms with E-state index in [1.54, 1.807) is 12.4 Å². The molecule has 3 aromatic carbocycles. The molecule has 0 atom stereocenters. The molecule has 4 rings (SSSR count). The Labute approximate surface area is 175 Å². The number of aryl methyl sites for hydroxylation is 1. The second-order valence-corrected chi connectivity index (χ2v) is 7.08. The molecule has 4 aromatic rings. The van der Waals surface area contributed by atoms with E-state index in [1.165, 1.54) is 4.68 Å². The van der Waals surface area contributed by atoms with Crippen molar-refractivity contribution in [1.82, 2.24) is 15.1 Å². The predicted octanol–water partition coefficient (Wildman–Crippen LogP) is 5.12. The fraction of sp³-hybridized carbons (Fsp3) is 0.120. The van der Waals surface area contributed by atoms with Gasteiger partial charge in [0.1, 0.15) is 11.9 Å². The number of carbonyl (C=O) groups is 1. The van der Waals surface area contributed by atoms with Gasteiger partial charge in [-0.2, -0.15) is 9.78 Å². The number of carbonyl (C=O) groups excluding carboxylic acids is 1. The summed E-state index contributed by atoms with van der Waals surface area (Å²) in [5.74, 6) is 0.769. The summed E-state index contributed by atoms with van der Waals surface area (Å²) >= 11 is 0. The number of ether oxygens (including phenoxy) is 1. The number of nitrogens with one attached hydrogen (secondary N) is 1. The lowest BCUT2D eigenvalue weighted by molar-refractivity contribution is 0.239. The Hall–Kier alpha value is -3.86. The molecule has 0 radical (unpaired) electrons. The van der Waals surface area contributed by atoms with E-state index in [0.29, 0.717) is 6.54 Å². The van der Waals surface area contributed by atoms with Gasteiger partial charge in [-0.15, -0.1) is 0 Å². The van der Waals surface area contributed by atoms with Crippen LogP contribution in [0.5, 0.6) is 5.75 Å². The van der Waals surface area contributed by atoms with Crippen LogP contribution in [0.2, 0.25) is 0 Å². The van der Waals surface area contributed by atoms with Crippen molar-refractivity contribution in [3.05, 3.63) is 120 Å². The van der Waals surface area contributed by atoms with E-state index in [4.69, 9.17) is 4.74 Å². The molecule has 30 heavy (non-hydrogen) atoms. The molecule has 1 N–H and O–H groups in total. The molecule has 1 heterocycles. The first-order valence-electron chi connectivity index (χ1n) is 9.84. The largest absolute Gasteiger partial charge is 0.481 e. The summed E-state index contributed by atoms with van der Waals surface area (Å²) in [6.45, 7) is 2.31. The smallest absolute Gasteiger partial charge is 0.342 e. The minimum Gasteiger partial charge on any atom is -0.481 e. The summed E-state index contributed by atoms with van der Waals surface area (Å²) in [6.07, 6.45) is 3.15. The van der Waals surface area contributed by atoms with Crippen molar-refractivity contribution in [1.29, 1.82) is 0 Å². The molecule has 0 fully saturated rings. The van der Waals surface area contributed by atoms with Crippen molar-refractivity contribution in [2.24, 2.45) is 0 Å². The standard InChI is InChI=1S/C25H23N3O2/c1-19-16-27-28(18-19)25(29)26-17-20-12-14-23(15-13-20)30-24(21-8-4-2-5-9-21)22-10-6-3-7-11-22/h2-16,18,24H,17H2,1H3,(H,26,29). The zero-order valence-electron chi connectivity index (χ0n) is 16.7. The Morgan fingerprint density at radius 2 is 1.53 bits per heavy atom. The maximum absolute atomic E-state index is 12.1. The summed E-state index contributed by atoms with van der Waals surface area (Å²) < 4.78 is 7.64. The summed E-state index contributed by atoms with van der Waals surface area (Å²) in [4.78, 5) is 12.1. The van der Waals surface area contributed by atoms with Crippen LogP contribution in [0.25, 0.3) is 0 Å². The summed E-state index contributed by atoms with van der Waals surface area (Å²) in [6, 6.07) is 27.8. The third-order valence-corrected chi connectivity index (χ3v) is 4.75. The van der Waals surface area contributed by atoms with Crippen LogP contribution in [0.15, 0.2) is 97.3 Å². The summed E-state index contributed by atoms with van der Waals surface area (Å²) in [7, 11) is 0. The SMILES string of the molecule is Cc1cnn(C(=O)NCc2ccc(OC(c3ccccc3)c3ccccc3)cc2)c1. The van der Waals surface area contributed by atoms with E-state index >= 15 is 0 Å². The molecule has 1 aromatic heterocycles. The van der Waals surface area contributed by atoms with Crippen LogP contribution in [0.3, 0.4) is 0 Å². The third-order valence-electron chi connectivity index (χ3n) is 4.75. The highest BCUT2D eigenvalue weighted by molar-refractivity contribution is 5.75. The van der Waals surface area contributed by atoms with Crippen molar-refractivity contribution >= 4 is 6.03 Å². The van der Waals surface area contributed by atoms with Crippen molar-refractivity contribution in [2.45, 2.75) is 19.6 Å². The van der Waals surface area contributed by atoms with Crippen LogP contribution in [0, 0.1) is 6.92 Å². The number of hydrogen-bond donors (Lipinski definition) is 1. The monoisotopic (exact) mass is 397 g/mol. The number of hydrogen-bond acceptors (Lipinski definition) is 3. The highest BCUT2D eigenvalue weighted by atomic mass is 16.5. The van der Waals surface area contributed by atoms with Crippen LogP contribution in [-0.4, -0.2) is 15.8 Å². The second-order valence-electron chi connectivity index (χ2n) is 7.08. The van der Waals surface area contributed by atoms with E-state index in [-0.39, 0.29) is 12.1 Å². The van der Waals surface area contributed by atoms with Crippen LogP contribution < -0.4 is 10.1 Å². The number of aromatic nitrogens is 2. The minimum absolute atomic E-state index is 0.194. The Morgan fingerprint density at radius 3 is 2.07 bits per heavy atom. The molecule has 0 aliphatic rings. The molecule has 0 aliphatic carbocycles. The highest BCUT2D eigenvalue weighted by Crippen LogP contribution is 2.28. The first-order chi connectivity index (χ1) is 14.7. The lowest BCUT2D eigenvalue weighted by atomic mass is 10.0. The molecule has 0 spiro atoms. The van der Waals surface area contributed by atoms with E-state index in [1.807, 2.05) is 67.6 Å². The number of benzene rings is 3. The van der Waals surface area contributed by atoms with Gasteiger partial charge in [-0.1, -0.05) is 72.8 Å². The average Bonchev–Trinajstić information content (AvgIpc) is 3.24. The van der Waals surface area contributed by atoms with Crippen LogP contribution in [0.4, 0.5) is 4.79 Å². The van der Waals surface area contributed by atoms with Gasteiger partial charge in [0.15, 0.2) is 0 Å². The molecule has 0 saturated heterocycles. The van der Waals surface area contributed by atoms with Crippen molar-refractivity contribution < 1.29 is 9.53 Å². The topological polar surface area (TPSA) is 56.2 Å². The van der Waals surface area contributed by atoms with Gasteiger partial charge in [-0.25, -0.2) is 4.79 Å². The normalized spacial score (nSPS) is 10.7. The Kier molecular flexibility index (Phi) is 5.90. The zero-order chi connectivity index (χ0) is 20.8. The molecule has 150 valence electrons. The molecule has 0 saturated carbocycles. The number of amides is 1. The molecular formula is C25H23N3O2. The maximum Gasteiger partial charge on any atom is 0.342 e. The van der Waals surface area contributed by atoms with E-state index in [0.717, 1.165) is 28.0 Å². The second kappa shape index (κ2) is 9.09. The van der Waals surface area contributed by atoms with Gasteiger partial charge >= 0.3 is 6.03 Å². The van der Waals surface area contributed by atoms with Gasteiger partial charge in [0.2, 0.25) is 0 Å². The molecule has 0 bridgehead atoms. The lowest BCUT2D eigenvalue weighted by Gasteiger charge is -2.20. The molecule has 5 nitrogen and oxygen atoms in total. The maximum atomic E-state index is 12.1. The van der Waals surface area contributed by atoms with E-state index < -0.39 is 0 Å². The van der Waals surface area contributed by atoms with Gasteiger partial charge in [-0.3, -0.25) is 0 Å². The van der Waals surface area contributed by atoms with Gasteiger partial charge in [0.25, 0.3) is 0 Å². The quantitative estimate of drug-likeness (QED) is 0.491. The summed E-state index contributed by atoms with van der Waals surface area (Å²) in [5, 5.41) is 6.88. The van der Waals surface area contributed by atoms with Gasteiger partial charge in [-0.05, 0) is 41.3 Å². The van der Waals surface area contributed by atoms with E-state index in [9.17, 15) is 4.79 Å². The highest BCUT2D eigenvalue weighted by Gasteiger charge is 2.15. The van der Waals surface area contributed by atoms with Crippen molar-refractivity contribution in [3.63, 3.8) is 0 Å². The fourth-order valence-electron chi connectivity index (χ4n) is 3.19. The minimum atomic E-state index is -0.253. The lowest BCUT2D eigenvalue weighted by Crippen LogP contribution is -2.28. The molecule has 1 amide bonds. The van der Waals surface area contributed by atoms with Crippen LogP contribution in [0.1, 0.15) is 28.4 Å². The first kappa shape index (κ1) is 19.5. The van der Waals surface area contributed by atoms with Gasteiger partial charge in [0, 0.05) is 12.7 Å². The molecular weight excluding hydrogens is 374 g/mol. The summed E-state index contributed by atoms with van der Waals surface area (Å²) in [5.41, 5.74) is 4.11. The van der Waals surface area contributed by atoms with Crippen molar-refractivity contribution in [3.8, 4) is 5.75 Å². The zero-order valence-corrected chi connectivity index (χ0v) is 16.7. The van der Waals surface area contributed by atoms with Crippen molar-refractivity contribution in [2.75, 3.05) is 0 Å². The third kappa shape index (κ3) is 4.75.